The summed E-state index contributed by atoms with van der Waals surface area (Å²) in [6.07, 6.45) is 6.62. The third-order valence-electron chi connectivity index (χ3n) is 6.08. The molecule has 2 amide bonds. The van der Waals surface area contributed by atoms with Crippen LogP contribution in [0.15, 0.2) is 24.3 Å². The first-order chi connectivity index (χ1) is 14.1. The molecule has 6 nitrogen and oxygen atoms in total. The van der Waals surface area contributed by atoms with Gasteiger partial charge in [-0.3, -0.25) is 9.59 Å². The minimum absolute atomic E-state index is 0.106. The van der Waals surface area contributed by atoms with Crippen LogP contribution in [0.5, 0.6) is 5.75 Å². The zero-order chi connectivity index (χ0) is 20.6. The topological polar surface area (TPSA) is 59.1 Å². The molecule has 0 aliphatic carbocycles. The lowest BCUT2D eigenvalue weighted by Crippen LogP contribution is -2.43. The first-order valence-corrected chi connectivity index (χ1v) is 11.0. The molecule has 3 rings (SSSR count). The van der Waals surface area contributed by atoms with E-state index in [1.54, 1.807) is 7.11 Å². The predicted molar refractivity (Wildman–Crippen MR) is 112 cm³/mol. The van der Waals surface area contributed by atoms with Crippen LogP contribution in [-0.4, -0.2) is 67.1 Å². The molecule has 29 heavy (non-hydrogen) atoms. The average molecular weight is 403 g/mol. The maximum Gasteiger partial charge on any atom is 0.254 e. The Bertz CT molecular complexity index is 668. The zero-order valence-corrected chi connectivity index (χ0v) is 17.8. The van der Waals surface area contributed by atoms with Crippen LogP contribution in [0.3, 0.4) is 0 Å². The van der Waals surface area contributed by atoms with Crippen molar-refractivity contribution < 1.29 is 19.1 Å². The summed E-state index contributed by atoms with van der Waals surface area (Å²) in [4.78, 5) is 28.9. The number of carbonyl (C=O) groups excluding carboxylic acids is 2. The molecule has 0 aromatic heterocycles. The standard InChI is InChI=1S/C23H34N2O4/c1-3-19-6-4-5-14-25(19)23(27)18-7-9-20(10-8-18)29-21-11-15-24(16-12-21)22(26)13-17-28-2/h7-10,19,21H,3-6,11-17H2,1-2H3/t19-/m1/s1. The molecule has 0 spiro atoms. The molecule has 1 atom stereocenters. The number of benzene rings is 1. The molecule has 1 aromatic rings. The van der Waals surface area contributed by atoms with Crippen LogP contribution < -0.4 is 4.74 Å². The summed E-state index contributed by atoms with van der Waals surface area (Å²) in [6, 6.07) is 7.91. The molecule has 2 fully saturated rings. The van der Waals surface area contributed by atoms with Crippen LogP contribution in [0.1, 0.15) is 62.2 Å². The van der Waals surface area contributed by atoms with E-state index in [0.717, 1.165) is 63.1 Å². The Balaban J connectivity index is 1.50. The molecule has 0 N–H and O–H groups in total. The van der Waals surface area contributed by atoms with E-state index in [1.807, 2.05) is 34.1 Å². The zero-order valence-electron chi connectivity index (χ0n) is 17.8. The van der Waals surface area contributed by atoms with E-state index in [2.05, 4.69) is 6.92 Å². The van der Waals surface area contributed by atoms with E-state index in [9.17, 15) is 9.59 Å². The van der Waals surface area contributed by atoms with Gasteiger partial charge < -0.3 is 19.3 Å². The van der Waals surface area contributed by atoms with Gasteiger partial charge in [-0.05, 0) is 49.9 Å². The van der Waals surface area contributed by atoms with Crippen molar-refractivity contribution in [2.24, 2.45) is 0 Å². The molecule has 1 aromatic carbocycles. The van der Waals surface area contributed by atoms with Crippen molar-refractivity contribution in [1.29, 1.82) is 0 Å². The smallest absolute Gasteiger partial charge is 0.254 e. The van der Waals surface area contributed by atoms with Gasteiger partial charge in [0.25, 0.3) is 5.91 Å². The molecule has 0 bridgehead atoms. The second kappa shape index (κ2) is 10.6. The monoisotopic (exact) mass is 402 g/mol. The predicted octanol–water partition coefficient (Wildman–Crippen LogP) is 3.50. The van der Waals surface area contributed by atoms with Crippen LogP contribution in [0.2, 0.25) is 0 Å². The van der Waals surface area contributed by atoms with Gasteiger partial charge in [0.05, 0.1) is 13.0 Å². The number of piperidine rings is 2. The summed E-state index contributed by atoms with van der Waals surface area (Å²) >= 11 is 0. The molecule has 2 aliphatic heterocycles. The lowest BCUT2D eigenvalue weighted by atomic mass is 9.99. The van der Waals surface area contributed by atoms with Gasteiger partial charge in [0.15, 0.2) is 0 Å². The Morgan fingerprint density at radius 1 is 1.03 bits per heavy atom. The summed E-state index contributed by atoms with van der Waals surface area (Å²) in [6.45, 7) is 4.92. The van der Waals surface area contributed by atoms with Crippen molar-refractivity contribution in [2.45, 2.75) is 64.0 Å². The molecule has 0 saturated carbocycles. The van der Waals surface area contributed by atoms with Gasteiger partial charge in [-0.1, -0.05) is 6.92 Å². The molecule has 0 radical (unpaired) electrons. The van der Waals surface area contributed by atoms with Gasteiger partial charge in [-0.2, -0.15) is 0 Å². The van der Waals surface area contributed by atoms with Gasteiger partial charge >= 0.3 is 0 Å². The fraction of sp³-hybridized carbons (Fsp3) is 0.652. The first kappa shape index (κ1) is 21.6. The molecule has 2 aliphatic rings. The van der Waals surface area contributed by atoms with Crippen LogP contribution in [0.25, 0.3) is 0 Å². The van der Waals surface area contributed by atoms with E-state index in [1.165, 1.54) is 6.42 Å². The lowest BCUT2D eigenvalue weighted by Gasteiger charge is -2.35. The van der Waals surface area contributed by atoms with E-state index < -0.39 is 0 Å². The molecule has 6 heteroatoms. The Labute approximate surface area is 174 Å². The number of rotatable bonds is 7. The number of carbonyl (C=O) groups is 2. The van der Waals surface area contributed by atoms with E-state index in [4.69, 9.17) is 9.47 Å². The third kappa shape index (κ3) is 5.72. The Kier molecular flexibility index (Phi) is 7.92. The molecule has 160 valence electrons. The second-order valence-corrected chi connectivity index (χ2v) is 8.02. The van der Waals surface area contributed by atoms with Crippen molar-refractivity contribution >= 4 is 11.8 Å². The van der Waals surface area contributed by atoms with E-state index in [0.29, 0.717) is 19.1 Å². The van der Waals surface area contributed by atoms with Crippen molar-refractivity contribution in [3.8, 4) is 5.75 Å². The third-order valence-corrected chi connectivity index (χ3v) is 6.08. The fourth-order valence-corrected chi connectivity index (χ4v) is 4.30. The molecular weight excluding hydrogens is 368 g/mol. The number of amides is 2. The number of likely N-dealkylation sites (tertiary alicyclic amines) is 2. The number of nitrogens with zero attached hydrogens (tertiary/aromatic N) is 2. The maximum absolute atomic E-state index is 12.9. The van der Waals surface area contributed by atoms with Gasteiger partial charge in [0, 0.05) is 51.2 Å². The first-order valence-electron chi connectivity index (χ1n) is 11.0. The van der Waals surface area contributed by atoms with Crippen molar-refractivity contribution in [3.05, 3.63) is 29.8 Å². The quantitative estimate of drug-likeness (QED) is 0.700. The fourth-order valence-electron chi connectivity index (χ4n) is 4.30. The molecule has 2 saturated heterocycles. The number of methoxy groups -OCH3 is 1. The van der Waals surface area contributed by atoms with Gasteiger partial charge in [0.2, 0.25) is 5.91 Å². The van der Waals surface area contributed by atoms with Crippen LogP contribution in [0.4, 0.5) is 0 Å². The molecule has 2 heterocycles. The van der Waals surface area contributed by atoms with E-state index in [-0.39, 0.29) is 17.9 Å². The highest BCUT2D eigenvalue weighted by atomic mass is 16.5. The number of ether oxygens (including phenoxy) is 2. The largest absolute Gasteiger partial charge is 0.490 e. The van der Waals surface area contributed by atoms with Crippen molar-refractivity contribution in [3.63, 3.8) is 0 Å². The van der Waals surface area contributed by atoms with Crippen LogP contribution in [-0.2, 0) is 9.53 Å². The summed E-state index contributed by atoms with van der Waals surface area (Å²) in [5, 5.41) is 0. The summed E-state index contributed by atoms with van der Waals surface area (Å²) in [7, 11) is 1.61. The summed E-state index contributed by atoms with van der Waals surface area (Å²) < 4.78 is 11.1. The van der Waals surface area contributed by atoms with E-state index >= 15 is 0 Å². The lowest BCUT2D eigenvalue weighted by molar-refractivity contribution is -0.133. The van der Waals surface area contributed by atoms with Gasteiger partial charge in [-0.15, -0.1) is 0 Å². The van der Waals surface area contributed by atoms with Gasteiger partial charge in [-0.25, -0.2) is 0 Å². The Hall–Kier alpha value is -2.08. The maximum atomic E-state index is 12.9. The minimum Gasteiger partial charge on any atom is -0.490 e. The van der Waals surface area contributed by atoms with Crippen LogP contribution in [0, 0.1) is 0 Å². The Morgan fingerprint density at radius 3 is 2.41 bits per heavy atom. The molecule has 0 unspecified atom stereocenters. The number of hydrogen-bond acceptors (Lipinski definition) is 4. The van der Waals surface area contributed by atoms with Crippen LogP contribution >= 0.6 is 0 Å². The Morgan fingerprint density at radius 2 is 1.76 bits per heavy atom. The SMILES string of the molecule is CC[C@@H]1CCCCN1C(=O)c1ccc(OC2CCN(C(=O)CCOC)CC2)cc1. The van der Waals surface area contributed by atoms with Crippen molar-refractivity contribution in [2.75, 3.05) is 33.4 Å². The highest BCUT2D eigenvalue weighted by molar-refractivity contribution is 5.94. The summed E-state index contributed by atoms with van der Waals surface area (Å²) in [5.74, 6) is 1.07. The number of hydrogen-bond donors (Lipinski definition) is 0. The summed E-state index contributed by atoms with van der Waals surface area (Å²) in [5.41, 5.74) is 0.733. The average Bonchev–Trinajstić information content (AvgIpc) is 2.78. The van der Waals surface area contributed by atoms with Crippen molar-refractivity contribution in [1.82, 2.24) is 9.80 Å². The molecular formula is C23H34N2O4. The second-order valence-electron chi connectivity index (χ2n) is 8.02. The minimum atomic E-state index is 0.106. The normalized spacial score (nSPS) is 20.6. The van der Waals surface area contributed by atoms with Gasteiger partial charge in [0.1, 0.15) is 11.9 Å². The highest BCUT2D eigenvalue weighted by Crippen LogP contribution is 2.24. The highest BCUT2D eigenvalue weighted by Gasteiger charge is 2.27.